The minimum absolute atomic E-state index is 0.0108. The third kappa shape index (κ3) is 4.60. The maximum atomic E-state index is 11.9. The Hall–Kier alpha value is -0.860. The van der Waals surface area contributed by atoms with Crippen molar-refractivity contribution in [2.45, 2.75) is 57.4 Å². The van der Waals surface area contributed by atoms with Crippen LogP contribution < -0.4 is 5.32 Å². The molecular formula is C17H24ClNO. The summed E-state index contributed by atoms with van der Waals surface area (Å²) in [4.78, 5) is 11.9. The minimum atomic E-state index is -0.0108. The van der Waals surface area contributed by atoms with E-state index in [0.29, 0.717) is 6.04 Å². The van der Waals surface area contributed by atoms with Gasteiger partial charge in [-0.15, -0.1) is 0 Å². The summed E-state index contributed by atoms with van der Waals surface area (Å²) in [6.45, 7) is 2.59. The Kier molecular flexibility index (Phi) is 6.06. The number of nitrogens with one attached hydrogen (secondary N) is 1. The molecule has 0 radical (unpaired) electrons. The Morgan fingerprint density at radius 1 is 1.25 bits per heavy atom. The molecule has 3 heteroatoms. The highest BCUT2D eigenvalue weighted by Crippen LogP contribution is 2.23. The van der Waals surface area contributed by atoms with Crippen LogP contribution in [0.15, 0.2) is 24.3 Å². The molecule has 2 nitrogen and oxygen atoms in total. The van der Waals surface area contributed by atoms with E-state index in [4.69, 9.17) is 11.6 Å². The van der Waals surface area contributed by atoms with E-state index in [-0.39, 0.29) is 11.7 Å². The smallest absolute Gasteiger partial charge is 0.137 e. The van der Waals surface area contributed by atoms with Gasteiger partial charge in [0.15, 0.2) is 0 Å². The summed E-state index contributed by atoms with van der Waals surface area (Å²) in [5, 5.41) is 4.33. The van der Waals surface area contributed by atoms with E-state index in [1.54, 1.807) is 6.92 Å². The van der Waals surface area contributed by atoms with Crippen molar-refractivity contribution in [3.05, 3.63) is 34.9 Å². The third-order valence-corrected chi connectivity index (χ3v) is 4.49. The maximum Gasteiger partial charge on any atom is 0.137 e. The van der Waals surface area contributed by atoms with Crippen LogP contribution in [0.25, 0.3) is 0 Å². The second kappa shape index (κ2) is 7.80. The molecule has 1 aliphatic rings. The number of carbonyl (C=O) groups is 1. The quantitative estimate of drug-likeness (QED) is 0.846. The van der Waals surface area contributed by atoms with Crippen LogP contribution in [-0.4, -0.2) is 18.4 Å². The fraction of sp³-hybridized carbons (Fsp3) is 0.588. The van der Waals surface area contributed by atoms with Crippen molar-refractivity contribution < 1.29 is 4.79 Å². The van der Waals surface area contributed by atoms with Crippen LogP contribution in [0.1, 0.15) is 56.9 Å². The maximum absolute atomic E-state index is 11.9. The summed E-state index contributed by atoms with van der Waals surface area (Å²) in [7, 11) is 0. The molecule has 0 spiro atoms. The zero-order chi connectivity index (χ0) is 14.4. The highest BCUT2D eigenvalue weighted by atomic mass is 35.5. The Labute approximate surface area is 126 Å². The molecule has 20 heavy (non-hydrogen) atoms. The number of benzene rings is 1. The first-order chi connectivity index (χ1) is 9.66. The van der Waals surface area contributed by atoms with Crippen LogP contribution in [0, 0.1) is 0 Å². The molecule has 1 aromatic carbocycles. The summed E-state index contributed by atoms with van der Waals surface area (Å²) in [5.41, 5.74) is 1.08. The number of rotatable bonds is 6. The Balaban J connectivity index is 1.86. The van der Waals surface area contributed by atoms with Crippen molar-refractivity contribution >= 4 is 17.4 Å². The van der Waals surface area contributed by atoms with Crippen molar-refractivity contribution in [2.75, 3.05) is 6.54 Å². The number of carbonyl (C=O) groups excluding carboxylic acids is 1. The molecule has 0 heterocycles. The lowest BCUT2D eigenvalue weighted by molar-refractivity contribution is -0.118. The normalized spacial score (nSPS) is 17.9. The molecule has 0 saturated heterocycles. The van der Waals surface area contributed by atoms with Crippen LogP contribution in [0.3, 0.4) is 0 Å². The van der Waals surface area contributed by atoms with Gasteiger partial charge < -0.3 is 5.32 Å². The molecule has 1 saturated carbocycles. The standard InChI is InChI=1S/C17H24ClNO/c1-13(20)17(14-7-9-15(18)10-8-14)11-12-19-16-5-3-2-4-6-16/h7-10,16-17,19H,2-6,11-12H2,1H3/t17-/m0/s1. The van der Waals surface area contributed by atoms with E-state index < -0.39 is 0 Å². The fourth-order valence-electron chi connectivity index (χ4n) is 3.04. The summed E-state index contributed by atoms with van der Waals surface area (Å²) < 4.78 is 0. The average Bonchev–Trinajstić information content (AvgIpc) is 2.46. The Morgan fingerprint density at radius 3 is 2.50 bits per heavy atom. The van der Waals surface area contributed by atoms with Gasteiger partial charge >= 0.3 is 0 Å². The monoisotopic (exact) mass is 293 g/mol. The van der Waals surface area contributed by atoms with Gasteiger partial charge in [-0.3, -0.25) is 4.79 Å². The lowest BCUT2D eigenvalue weighted by Gasteiger charge is -2.24. The minimum Gasteiger partial charge on any atom is -0.314 e. The number of ketones is 1. The summed E-state index contributed by atoms with van der Waals surface area (Å²) in [5.74, 6) is 0.223. The number of Topliss-reactive ketones (excluding diaryl/α,β-unsaturated/α-hetero) is 1. The van der Waals surface area contributed by atoms with Gasteiger partial charge in [0.25, 0.3) is 0 Å². The molecule has 0 unspecified atom stereocenters. The van der Waals surface area contributed by atoms with Gasteiger partial charge in [0.2, 0.25) is 0 Å². The van der Waals surface area contributed by atoms with Crippen molar-refractivity contribution in [1.82, 2.24) is 5.32 Å². The van der Waals surface area contributed by atoms with Gasteiger partial charge in [0, 0.05) is 17.0 Å². The van der Waals surface area contributed by atoms with Crippen molar-refractivity contribution in [3.63, 3.8) is 0 Å². The molecule has 1 N–H and O–H groups in total. The predicted octanol–water partition coefficient (Wildman–Crippen LogP) is 4.33. The van der Waals surface area contributed by atoms with Crippen molar-refractivity contribution in [2.24, 2.45) is 0 Å². The highest BCUT2D eigenvalue weighted by Gasteiger charge is 2.18. The van der Waals surface area contributed by atoms with Gasteiger partial charge in [-0.05, 0) is 50.4 Å². The number of halogens is 1. The van der Waals surface area contributed by atoms with Crippen molar-refractivity contribution in [3.8, 4) is 0 Å². The van der Waals surface area contributed by atoms with E-state index in [1.165, 1.54) is 32.1 Å². The van der Waals surface area contributed by atoms with Crippen LogP contribution in [-0.2, 0) is 4.79 Å². The SMILES string of the molecule is CC(=O)[C@H](CCNC1CCCCC1)c1ccc(Cl)cc1. The van der Waals surface area contributed by atoms with E-state index in [9.17, 15) is 4.79 Å². The molecular weight excluding hydrogens is 270 g/mol. The second-order valence-electron chi connectivity index (χ2n) is 5.79. The largest absolute Gasteiger partial charge is 0.314 e. The molecule has 1 aromatic rings. The molecule has 0 aromatic heterocycles. The molecule has 0 amide bonds. The molecule has 0 bridgehead atoms. The van der Waals surface area contributed by atoms with Crippen LogP contribution in [0.5, 0.6) is 0 Å². The highest BCUT2D eigenvalue weighted by molar-refractivity contribution is 6.30. The third-order valence-electron chi connectivity index (χ3n) is 4.23. The summed E-state index contributed by atoms with van der Waals surface area (Å²) >= 11 is 5.90. The topological polar surface area (TPSA) is 29.1 Å². The van der Waals surface area contributed by atoms with E-state index in [0.717, 1.165) is 23.6 Å². The predicted molar refractivity (Wildman–Crippen MR) is 84.4 cm³/mol. The molecule has 1 fully saturated rings. The Morgan fingerprint density at radius 2 is 1.90 bits per heavy atom. The molecule has 1 atom stereocenters. The average molecular weight is 294 g/mol. The second-order valence-corrected chi connectivity index (χ2v) is 6.23. The first-order valence-electron chi connectivity index (χ1n) is 7.66. The van der Waals surface area contributed by atoms with Gasteiger partial charge in [-0.25, -0.2) is 0 Å². The number of hydrogen-bond donors (Lipinski definition) is 1. The number of hydrogen-bond acceptors (Lipinski definition) is 2. The lowest BCUT2D eigenvalue weighted by atomic mass is 9.91. The van der Waals surface area contributed by atoms with Gasteiger partial charge in [-0.1, -0.05) is 43.0 Å². The molecule has 2 rings (SSSR count). The molecule has 110 valence electrons. The lowest BCUT2D eigenvalue weighted by Crippen LogP contribution is -2.32. The van der Waals surface area contributed by atoms with Crippen LogP contribution in [0.4, 0.5) is 0 Å². The van der Waals surface area contributed by atoms with Crippen LogP contribution >= 0.6 is 11.6 Å². The Bertz CT molecular complexity index is 423. The van der Waals surface area contributed by atoms with Gasteiger partial charge in [-0.2, -0.15) is 0 Å². The summed E-state index contributed by atoms with van der Waals surface area (Å²) in [6, 6.07) is 8.31. The first kappa shape index (κ1) is 15.5. The fourth-order valence-corrected chi connectivity index (χ4v) is 3.16. The van der Waals surface area contributed by atoms with E-state index in [1.807, 2.05) is 24.3 Å². The van der Waals surface area contributed by atoms with E-state index >= 15 is 0 Å². The van der Waals surface area contributed by atoms with Crippen LogP contribution in [0.2, 0.25) is 5.02 Å². The van der Waals surface area contributed by atoms with Gasteiger partial charge in [0.1, 0.15) is 5.78 Å². The molecule has 1 aliphatic carbocycles. The summed E-state index contributed by atoms with van der Waals surface area (Å²) in [6.07, 6.45) is 7.49. The van der Waals surface area contributed by atoms with E-state index in [2.05, 4.69) is 5.32 Å². The zero-order valence-electron chi connectivity index (χ0n) is 12.2. The van der Waals surface area contributed by atoms with Gasteiger partial charge in [0.05, 0.1) is 0 Å². The molecule has 0 aliphatic heterocycles. The van der Waals surface area contributed by atoms with Crippen molar-refractivity contribution in [1.29, 1.82) is 0 Å². The first-order valence-corrected chi connectivity index (χ1v) is 8.04. The zero-order valence-corrected chi connectivity index (χ0v) is 13.0.